The Labute approximate surface area is 153 Å². The Bertz CT molecular complexity index is 773. The summed E-state index contributed by atoms with van der Waals surface area (Å²) in [5.41, 5.74) is 1.78. The first kappa shape index (κ1) is 17.4. The van der Waals surface area contributed by atoms with E-state index < -0.39 is 0 Å². The number of amides is 1. The van der Waals surface area contributed by atoms with Crippen molar-refractivity contribution in [1.82, 2.24) is 10.2 Å². The molecular weight excluding hydrogens is 332 g/mol. The lowest BCUT2D eigenvalue weighted by molar-refractivity contribution is 0.0284. The van der Waals surface area contributed by atoms with Crippen LogP contribution in [0.3, 0.4) is 0 Å². The van der Waals surface area contributed by atoms with Crippen molar-refractivity contribution in [2.75, 3.05) is 33.4 Å². The number of carbonyl (C=O) groups is 1. The van der Waals surface area contributed by atoms with Crippen LogP contribution in [0.5, 0.6) is 5.75 Å². The summed E-state index contributed by atoms with van der Waals surface area (Å²) in [5, 5.41) is 4.59. The second-order valence-electron chi connectivity index (χ2n) is 7.05. The minimum absolute atomic E-state index is 0.0822. The van der Waals surface area contributed by atoms with Crippen molar-refractivity contribution in [2.45, 2.75) is 38.3 Å². The second-order valence-corrected chi connectivity index (χ2v) is 7.05. The topological polar surface area (TPSA) is 63.9 Å². The van der Waals surface area contributed by atoms with E-state index in [2.05, 4.69) is 11.4 Å². The van der Waals surface area contributed by atoms with Gasteiger partial charge < -0.3 is 24.1 Å². The molecule has 2 aliphatic rings. The van der Waals surface area contributed by atoms with Gasteiger partial charge in [0.15, 0.2) is 17.1 Å². The summed E-state index contributed by atoms with van der Waals surface area (Å²) in [7, 11) is 1.62. The molecule has 0 atom stereocenters. The Morgan fingerprint density at radius 1 is 1.27 bits per heavy atom. The number of rotatable bonds is 5. The average molecular weight is 358 g/mol. The molecule has 1 saturated heterocycles. The van der Waals surface area contributed by atoms with Crippen LogP contribution in [-0.2, 0) is 11.3 Å². The molecule has 4 rings (SSSR count). The smallest absolute Gasteiger partial charge is 0.289 e. The highest BCUT2D eigenvalue weighted by Gasteiger charge is 2.24. The van der Waals surface area contributed by atoms with E-state index in [1.165, 1.54) is 25.7 Å². The van der Waals surface area contributed by atoms with Crippen LogP contribution in [0, 0.1) is 0 Å². The number of furan rings is 1. The van der Waals surface area contributed by atoms with Crippen molar-refractivity contribution in [1.29, 1.82) is 0 Å². The quantitative estimate of drug-likeness (QED) is 0.890. The lowest BCUT2D eigenvalue weighted by atomic mass is 10.1. The number of hydrogen-bond acceptors (Lipinski definition) is 5. The third-order valence-electron chi connectivity index (χ3n) is 5.40. The van der Waals surface area contributed by atoms with Crippen molar-refractivity contribution in [3.63, 3.8) is 0 Å². The van der Waals surface area contributed by atoms with Crippen molar-refractivity contribution in [2.24, 2.45) is 0 Å². The Morgan fingerprint density at radius 2 is 2.04 bits per heavy atom. The van der Waals surface area contributed by atoms with Crippen LogP contribution in [0.15, 0.2) is 22.6 Å². The lowest BCUT2D eigenvalue weighted by Crippen LogP contribution is -2.40. The molecule has 0 bridgehead atoms. The molecule has 6 nitrogen and oxygen atoms in total. The number of fused-ring (bicyclic) bond motifs is 1. The van der Waals surface area contributed by atoms with Crippen molar-refractivity contribution >= 4 is 16.9 Å². The standard InChI is InChI=1S/C20H26N2O4/c1-24-17-7-6-14(13-21-15-4-2-3-5-15)16-12-18(26-19(16)17)20(23)22-8-10-25-11-9-22/h6-7,12,15,21H,2-5,8-11,13H2,1H3. The van der Waals surface area contributed by atoms with Gasteiger partial charge in [-0.2, -0.15) is 0 Å². The molecule has 1 aromatic carbocycles. The fourth-order valence-corrected chi connectivity index (χ4v) is 3.88. The molecule has 0 radical (unpaired) electrons. The molecule has 2 aromatic rings. The van der Waals surface area contributed by atoms with Crippen LogP contribution in [0.2, 0.25) is 0 Å². The monoisotopic (exact) mass is 358 g/mol. The van der Waals surface area contributed by atoms with E-state index in [0.717, 1.165) is 17.5 Å². The summed E-state index contributed by atoms with van der Waals surface area (Å²) >= 11 is 0. The fraction of sp³-hybridized carbons (Fsp3) is 0.550. The van der Waals surface area contributed by atoms with Gasteiger partial charge in [-0.1, -0.05) is 18.9 Å². The zero-order chi connectivity index (χ0) is 17.9. The predicted octanol–water partition coefficient (Wildman–Crippen LogP) is 2.95. The summed E-state index contributed by atoms with van der Waals surface area (Å²) < 4.78 is 16.7. The number of ether oxygens (including phenoxy) is 2. The second kappa shape index (κ2) is 7.68. The number of benzene rings is 1. The van der Waals surface area contributed by atoms with Gasteiger partial charge in [-0.15, -0.1) is 0 Å². The summed E-state index contributed by atoms with van der Waals surface area (Å²) in [6.45, 7) is 3.12. The molecule has 140 valence electrons. The number of morpholine rings is 1. The number of nitrogens with one attached hydrogen (secondary N) is 1. The Balaban J connectivity index is 1.61. The Morgan fingerprint density at radius 3 is 2.77 bits per heavy atom. The first-order valence-electron chi connectivity index (χ1n) is 9.46. The molecule has 1 saturated carbocycles. The van der Waals surface area contributed by atoms with E-state index >= 15 is 0 Å². The summed E-state index contributed by atoms with van der Waals surface area (Å²) in [5.74, 6) is 0.945. The molecule has 26 heavy (non-hydrogen) atoms. The fourth-order valence-electron chi connectivity index (χ4n) is 3.88. The van der Waals surface area contributed by atoms with Gasteiger partial charge in [-0.25, -0.2) is 0 Å². The number of methoxy groups -OCH3 is 1. The molecule has 0 unspecified atom stereocenters. The maximum absolute atomic E-state index is 12.8. The molecule has 2 heterocycles. The van der Waals surface area contributed by atoms with Gasteiger partial charge in [-0.05, 0) is 30.5 Å². The normalized spacial score (nSPS) is 18.6. The van der Waals surface area contributed by atoms with E-state index in [1.807, 2.05) is 12.1 Å². The highest BCUT2D eigenvalue weighted by atomic mass is 16.5. The van der Waals surface area contributed by atoms with Crippen molar-refractivity contribution in [3.05, 3.63) is 29.5 Å². The molecular formula is C20H26N2O4. The largest absolute Gasteiger partial charge is 0.493 e. The van der Waals surface area contributed by atoms with E-state index in [1.54, 1.807) is 12.0 Å². The van der Waals surface area contributed by atoms with Crippen LogP contribution >= 0.6 is 0 Å². The minimum Gasteiger partial charge on any atom is -0.493 e. The van der Waals surface area contributed by atoms with Gasteiger partial charge in [0.05, 0.1) is 20.3 Å². The van der Waals surface area contributed by atoms with Gasteiger partial charge in [0.2, 0.25) is 0 Å². The highest BCUT2D eigenvalue weighted by Crippen LogP contribution is 2.32. The first-order valence-corrected chi connectivity index (χ1v) is 9.46. The van der Waals surface area contributed by atoms with E-state index in [4.69, 9.17) is 13.9 Å². The molecule has 1 aromatic heterocycles. The molecule has 6 heteroatoms. The van der Waals surface area contributed by atoms with Crippen LogP contribution < -0.4 is 10.1 Å². The predicted molar refractivity (Wildman–Crippen MR) is 98.6 cm³/mol. The maximum Gasteiger partial charge on any atom is 0.289 e. The SMILES string of the molecule is COc1ccc(CNC2CCCC2)c2cc(C(=O)N3CCOCC3)oc12. The third kappa shape index (κ3) is 3.44. The molecule has 1 aliphatic carbocycles. The van der Waals surface area contributed by atoms with Crippen LogP contribution in [0.25, 0.3) is 11.0 Å². The lowest BCUT2D eigenvalue weighted by Gasteiger charge is -2.25. The molecule has 1 amide bonds. The molecule has 1 aliphatic heterocycles. The highest BCUT2D eigenvalue weighted by molar-refractivity contribution is 5.98. The Kier molecular flexibility index (Phi) is 5.13. The molecule has 2 fully saturated rings. The van der Waals surface area contributed by atoms with Crippen LogP contribution in [0.4, 0.5) is 0 Å². The van der Waals surface area contributed by atoms with Gasteiger partial charge in [0.25, 0.3) is 5.91 Å². The summed E-state index contributed by atoms with van der Waals surface area (Å²) in [6.07, 6.45) is 5.09. The molecule has 0 spiro atoms. The van der Waals surface area contributed by atoms with E-state index in [9.17, 15) is 4.79 Å². The zero-order valence-electron chi connectivity index (χ0n) is 15.3. The van der Waals surface area contributed by atoms with Gasteiger partial charge in [0.1, 0.15) is 0 Å². The summed E-state index contributed by atoms with van der Waals surface area (Å²) in [4.78, 5) is 14.5. The van der Waals surface area contributed by atoms with Crippen LogP contribution in [-0.4, -0.2) is 50.3 Å². The van der Waals surface area contributed by atoms with Crippen molar-refractivity contribution < 1.29 is 18.7 Å². The number of nitrogens with zero attached hydrogens (tertiary/aromatic N) is 1. The first-order chi connectivity index (χ1) is 12.8. The average Bonchev–Trinajstić information content (AvgIpc) is 3.36. The van der Waals surface area contributed by atoms with E-state index in [-0.39, 0.29) is 5.91 Å². The zero-order valence-corrected chi connectivity index (χ0v) is 15.3. The van der Waals surface area contributed by atoms with Crippen LogP contribution in [0.1, 0.15) is 41.8 Å². The van der Waals surface area contributed by atoms with Gasteiger partial charge in [0, 0.05) is 31.1 Å². The molecule has 1 N–H and O–H groups in total. The number of hydrogen-bond donors (Lipinski definition) is 1. The Hall–Kier alpha value is -2.05. The van der Waals surface area contributed by atoms with Gasteiger partial charge in [-0.3, -0.25) is 4.79 Å². The minimum atomic E-state index is -0.0822. The summed E-state index contributed by atoms with van der Waals surface area (Å²) in [6, 6.07) is 6.43. The van der Waals surface area contributed by atoms with Crippen molar-refractivity contribution in [3.8, 4) is 5.75 Å². The number of carbonyl (C=O) groups excluding carboxylic acids is 1. The maximum atomic E-state index is 12.8. The van der Waals surface area contributed by atoms with Gasteiger partial charge >= 0.3 is 0 Å². The third-order valence-corrected chi connectivity index (χ3v) is 5.40. The van der Waals surface area contributed by atoms with E-state index in [0.29, 0.717) is 49.4 Å².